The van der Waals surface area contributed by atoms with Gasteiger partial charge in [0.15, 0.2) is 5.76 Å². The minimum absolute atomic E-state index is 0.207. The van der Waals surface area contributed by atoms with Crippen molar-refractivity contribution < 1.29 is 18.5 Å². The SMILES string of the molecule is Fc1ccc(CC[NH2+]Cc2ccc(-c3ccc(F)cc3)o2)cc1. The third-order valence-electron chi connectivity index (χ3n) is 3.69. The summed E-state index contributed by atoms with van der Waals surface area (Å²) in [5.41, 5.74) is 1.98. The van der Waals surface area contributed by atoms with Crippen molar-refractivity contribution in [1.82, 2.24) is 0 Å². The first-order chi connectivity index (χ1) is 11.2. The fourth-order valence-electron chi connectivity index (χ4n) is 2.42. The molecule has 3 rings (SSSR count). The fraction of sp³-hybridized carbons (Fsp3) is 0.158. The lowest BCUT2D eigenvalue weighted by atomic mass is 10.1. The lowest BCUT2D eigenvalue weighted by Crippen LogP contribution is -2.83. The second kappa shape index (κ2) is 7.20. The Morgan fingerprint density at radius 3 is 2.13 bits per heavy atom. The molecule has 0 unspecified atom stereocenters. The summed E-state index contributed by atoms with van der Waals surface area (Å²) in [6.07, 6.45) is 0.881. The van der Waals surface area contributed by atoms with E-state index >= 15 is 0 Å². The van der Waals surface area contributed by atoms with Gasteiger partial charge < -0.3 is 9.73 Å². The average Bonchev–Trinajstić information content (AvgIpc) is 3.03. The van der Waals surface area contributed by atoms with E-state index in [0.717, 1.165) is 42.2 Å². The van der Waals surface area contributed by atoms with E-state index in [0.29, 0.717) is 0 Å². The van der Waals surface area contributed by atoms with E-state index in [2.05, 4.69) is 5.32 Å². The predicted molar refractivity (Wildman–Crippen MR) is 84.7 cm³/mol. The van der Waals surface area contributed by atoms with E-state index < -0.39 is 0 Å². The molecule has 0 saturated heterocycles. The van der Waals surface area contributed by atoms with Crippen LogP contribution in [0.4, 0.5) is 8.78 Å². The van der Waals surface area contributed by atoms with Gasteiger partial charge in [-0.2, -0.15) is 0 Å². The average molecular weight is 314 g/mol. The maximum atomic E-state index is 12.9. The van der Waals surface area contributed by atoms with Crippen molar-refractivity contribution >= 4 is 0 Å². The molecular formula is C19H18F2NO+. The lowest BCUT2D eigenvalue weighted by molar-refractivity contribution is -0.671. The van der Waals surface area contributed by atoms with Crippen LogP contribution in [-0.2, 0) is 13.0 Å². The Bertz CT molecular complexity index is 748. The van der Waals surface area contributed by atoms with Gasteiger partial charge in [-0.25, -0.2) is 8.78 Å². The van der Waals surface area contributed by atoms with Gasteiger partial charge in [0.1, 0.15) is 23.9 Å². The Morgan fingerprint density at radius 2 is 1.43 bits per heavy atom. The Balaban J connectivity index is 1.49. The minimum atomic E-state index is -0.255. The quantitative estimate of drug-likeness (QED) is 0.693. The zero-order valence-electron chi connectivity index (χ0n) is 12.6. The van der Waals surface area contributed by atoms with Crippen LogP contribution in [0.25, 0.3) is 11.3 Å². The first-order valence-electron chi connectivity index (χ1n) is 7.61. The molecule has 2 N–H and O–H groups in total. The molecule has 0 saturated carbocycles. The number of furan rings is 1. The van der Waals surface area contributed by atoms with Crippen LogP contribution < -0.4 is 5.32 Å². The molecule has 0 aliphatic carbocycles. The minimum Gasteiger partial charge on any atom is -0.455 e. The number of rotatable bonds is 6. The third-order valence-corrected chi connectivity index (χ3v) is 3.69. The van der Waals surface area contributed by atoms with Gasteiger partial charge in [0.2, 0.25) is 0 Å². The van der Waals surface area contributed by atoms with Crippen LogP contribution in [0.5, 0.6) is 0 Å². The zero-order chi connectivity index (χ0) is 16.1. The molecule has 118 valence electrons. The monoisotopic (exact) mass is 314 g/mol. The summed E-state index contributed by atoms with van der Waals surface area (Å²) in [7, 11) is 0. The Hall–Kier alpha value is -2.46. The Labute approximate surface area is 133 Å². The van der Waals surface area contributed by atoms with E-state index in [1.54, 1.807) is 12.1 Å². The van der Waals surface area contributed by atoms with Crippen molar-refractivity contribution in [2.75, 3.05) is 6.54 Å². The summed E-state index contributed by atoms with van der Waals surface area (Å²) in [6.45, 7) is 1.64. The molecule has 0 spiro atoms. The van der Waals surface area contributed by atoms with E-state index in [9.17, 15) is 8.78 Å². The van der Waals surface area contributed by atoms with Gasteiger partial charge in [0.05, 0.1) is 6.54 Å². The summed E-state index contributed by atoms with van der Waals surface area (Å²) >= 11 is 0. The van der Waals surface area contributed by atoms with E-state index in [1.165, 1.54) is 24.3 Å². The molecule has 0 aliphatic heterocycles. The molecule has 0 atom stereocenters. The normalized spacial score (nSPS) is 10.9. The number of nitrogens with two attached hydrogens (primary N) is 1. The van der Waals surface area contributed by atoms with E-state index in [4.69, 9.17) is 4.42 Å². The number of benzene rings is 2. The molecule has 1 aromatic heterocycles. The smallest absolute Gasteiger partial charge is 0.158 e. The Morgan fingerprint density at radius 1 is 0.783 bits per heavy atom. The van der Waals surface area contributed by atoms with E-state index in [-0.39, 0.29) is 11.6 Å². The van der Waals surface area contributed by atoms with Crippen molar-refractivity contribution in [1.29, 1.82) is 0 Å². The number of halogens is 2. The van der Waals surface area contributed by atoms with Gasteiger partial charge in [-0.15, -0.1) is 0 Å². The fourth-order valence-corrected chi connectivity index (χ4v) is 2.42. The molecule has 4 heteroatoms. The van der Waals surface area contributed by atoms with Gasteiger partial charge in [-0.05, 0) is 54.1 Å². The summed E-state index contributed by atoms with van der Waals surface area (Å²) in [6, 6.07) is 16.7. The first-order valence-corrected chi connectivity index (χ1v) is 7.61. The molecule has 0 radical (unpaired) electrons. The van der Waals surface area contributed by atoms with Gasteiger partial charge in [-0.1, -0.05) is 12.1 Å². The Kier molecular flexibility index (Phi) is 4.83. The van der Waals surface area contributed by atoms with Crippen LogP contribution in [0.1, 0.15) is 11.3 Å². The van der Waals surface area contributed by atoms with Crippen LogP contribution in [-0.4, -0.2) is 6.54 Å². The zero-order valence-corrected chi connectivity index (χ0v) is 12.6. The highest BCUT2D eigenvalue weighted by Gasteiger charge is 2.06. The molecule has 2 nitrogen and oxygen atoms in total. The van der Waals surface area contributed by atoms with Gasteiger partial charge >= 0.3 is 0 Å². The second-order valence-corrected chi connectivity index (χ2v) is 5.43. The molecule has 0 amide bonds. The highest BCUT2D eigenvalue weighted by Crippen LogP contribution is 2.21. The van der Waals surface area contributed by atoms with Crippen LogP contribution >= 0.6 is 0 Å². The molecule has 0 bridgehead atoms. The summed E-state index contributed by atoms with van der Waals surface area (Å²) in [5.74, 6) is 1.16. The third kappa shape index (κ3) is 4.27. The van der Waals surface area contributed by atoms with Gasteiger partial charge in [-0.3, -0.25) is 0 Å². The van der Waals surface area contributed by atoms with Crippen molar-refractivity contribution in [2.45, 2.75) is 13.0 Å². The molecule has 0 aliphatic rings. The largest absolute Gasteiger partial charge is 0.455 e. The second-order valence-electron chi connectivity index (χ2n) is 5.43. The topological polar surface area (TPSA) is 29.8 Å². The van der Waals surface area contributed by atoms with Gasteiger partial charge in [0, 0.05) is 12.0 Å². The van der Waals surface area contributed by atoms with Crippen molar-refractivity contribution in [3.8, 4) is 11.3 Å². The molecule has 2 aromatic carbocycles. The summed E-state index contributed by atoms with van der Waals surface area (Å²) in [5, 5.41) is 2.15. The molecular weight excluding hydrogens is 296 g/mol. The standard InChI is InChI=1S/C19H17F2NO/c20-16-5-1-14(2-6-16)11-12-22-13-18-9-10-19(23-18)15-3-7-17(21)8-4-15/h1-10,22H,11-13H2/p+1. The van der Waals surface area contributed by atoms with Crippen LogP contribution in [0.15, 0.2) is 65.1 Å². The van der Waals surface area contributed by atoms with Crippen LogP contribution in [0, 0.1) is 11.6 Å². The van der Waals surface area contributed by atoms with Crippen molar-refractivity contribution in [2.24, 2.45) is 0 Å². The van der Waals surface area contributed by atoms with Gasteiger partial charge in [0.25, 0.3) is 0 Å². The molecule has 3 aromatic rings. The first kappa shape index (κ1) is 15.4. The highest BCUT2D eigenvalue weighted by molar-refractivity contribution is 5.57. The molecule has 1 heterocycles. The molecule has 23 heavy (non-hydrogen) atoms. The lowest BCUT2D eigenvalue weighted by Gasteiger charge is -2.01. The maximum absolute atomic E-state index is 12.9. The number of quaternary nitrogens is 1. The van der Waals surface area contributed by atoms with Crippen LogP contribution in [0.2, 0.25) is 0 Å². The van der Waals surface area contributed by atoms with Crippen molar-refractivity contribution in [3.63, 3.8) is 0 Å². The highest BCUT2D eigenvalue weighted by atomic mass is 19.1. The van der Waals surface area contributed by atoms with Crippen LogP contribution in [0.3, 0.4) is 0 Å². The molecule has 0 fully saturated rings. The summed E-state index contributed by atoms with van der Waals surface area (Å²) in [4.78, 5) is 0. The van der Waals surface area contributed by atoms with Crippen molar-refractivity contribution in [3.05, 3.63) is 83.6 Å². The van der Waals surface area contributed by atoms with E-state index in [1.807, 2.05) is 24.3 Å². The predicted octanol–water partition coefficient (Wildman–Crippen LogP) is 3.53. The number of hydrogen-bond acceptors (Lipinski definition) is 1. The maximum Gasteiger partial charge on any atom is 0.158 e. The summed E-state index contributed by atoms with van der Waals surface area (Å²) < 4.78 is 31.5. The number of hydrogen-bond donors (Lipinski definition) is 1.